The van der Waals surface area contributed by atoms with Crippen LogP contribution in [0.4, 0.5) is 5.69 Å². The molecule has 0 saturated carbocycles. The van der Waals surface area contributed by atoms with Gasteiger partial charge in [0.1, 0.15) is 12.6 Å². The molecule has 7 nitrogen and oxygen atoms in total. The zero-order valence-electron chi connectivity index (χ0n) is 24.5. The van der Waals surface area contributed by atoms with E-state index in [0.29, 0.717) is 34.3 Å². The Labute approximate surface area is 259 Å². The summed E-state index contributed by atoms with van der Waals surface area (Å²) in [6, 6.07) is 19.3. The first-order valence-electron chi connectivity index (χ1n) is 14.2. The number of nitrogens with one attached hydrogen (secondary N) is 1. The van der Waals surface area contributed by atoms with Crippen LogP contribution in [-0.4, -0.2) is 44.3 Å². The van der Waals surface area contributed by atoms with E-state index in [-0.39, 0.29) is 23.3 Å². The summed E-state index contributed by atoms with van der Waals surface area (Å²) in [7, 11) is -4.12. The molecule has 0 fully saturated rings. The molecule has 0 bridgehead atoms. The Hall–Kier alpha value is -3.07. The average Bonchev–Trinajstić information content (AvgIpc) is 2.98. The number of sulfonamides is 1. The molecule has 0 radical (unpaired) electrons. The van der Waals surface area contributed by atoms with Gasteiger partial charge in [-0.2, -0.15) is 0 Å². The van der Waals surface area contributed by atoms with Gasteiger partial charge >= 0.3 is 0 Å². The van der Waals surface area contributed by atoms with Crippen LogP contribution in [0.2, 0.25) is 10.0 Å². The smallest absolute Gasteiger partial charge is 0.264 e. The van der Waals surface area contributed by atoms with Crippen molar-refractivity contribution in [1.29, 1.82) is 0 Å². The second-order valence-electron chi connectivity index (χ2n) is 10.4. The van der Waals surface area contributed by atoms with E-state index in [4.69, 9.17) is 23.2 Å². The molecule has 0 unspecified atom stereocenters. The van der Waals surface area contributed by atoms with Crippen LogP contribution >= 0.6 is 23.2 Å². The lowest BCUT2D eigenvalue weighted by Gasteiger charge is -2.33. The molecule has 226 valence electrons. The molecule has 0 aliphatic carbocycles. The minimum atomic E-state index is -4.12. The second kappa shape index (κ2) is 15.4. The van der Waals surface area contributed by atoms with Gasteiger partial charge < -0.3 is 10.2 Å². The van der Waals surface area contributed by atoms with E-state index in [1.54, 1.807) is 48.5 Å². The van der Waals surface area contributed by atoms with Crippen molar-refractivity contribution in [2.75, 3.05) is 17.4 Å². The van der Waals surface area contributed by atoms with E-state index in [1.165, 1.54) is 17.0 Å². The number of carbonyl (C=O) groups is 2. The molecule has 3 aromatic carbocycles. The molecule has 3 aromatic rings. The number of nitrogens with zero attached hydrogens (tertiary/aromatic N) is 2. The molecule has 0 aromatic heterocycles. The maximum absolute atomic E-state index is 14.2. The zero-order chi connectivity index (χ0) is 30.9. The molecular weight excluding hydrogens is 593 g/mol. The van der Waals surface area contributed by atoms with Crippen LogP contribution in [0.25, 0.3) is 0 Å². The lowest BCUT2D eigenvalue weighted by molar-refractivity contribution is -0.140. The Morgan fingerprint density at radius 2 is 1.57 bits per heavy atom. The van der Waals surface area contributed by atoms with Gasteiger partial charge in [-0.1, -0.05) is 93.7 Å². The Morgan fingerprint density at radius 1 is 0.905 bits per heavy atom. The van der Waals surface area contributed by atoms with Gasteiger partial charge in [0.2, 0.25) is 11.8 Å². The standard InChI is InChI=1S/C32H39Cl2N3O4S/c1-5-7-19-35-32(39)30(6-2)36(21-24-13-18-28(33)29(34)20-24)31(38)22-37(26-16-14-25(15-17-26)23(3)4)42(40,41)27-11-9-8-10-12-27/h8-18,20,23,30H,5-7,19,21-22H2,1-4H3,(H,35,39)/t30-/m1/s1. The molecule has 0 aliphatic heterocycles. The molecule has 42 heavy (non-hydrogen) atoms. The largest absolute Gasteiger partial charge is 0.354 e. The van der Waals surface area contributed by atoms with Crippen LogP contribution in [0.3, 0.4) is 0 Å². The van der Waals surface area contributed by atoms with Crippen molar-refractivity contribution in [3.63, 3.8) is 0 Å². The molecular formula is C32H39Cl2N3O4S. The SMILES string of the molecule is CCCCNC(=O)[C@@H](CC)N(Cc1ccc(Cl)c(Cl)c1)C(=O)CN(c1ccc(C(C)C)cc1)S(=O)(=O)c1ccccc1. The molecule has 1 N–H and O–H groups in total. The third-order valence-corrected chi connectivity index (χ3v) is 9.54. The Morgan fingerprint density at radius 3 is 2.14 bits per heavy atom. The number of carbonyl (C=O) groups excluding carboxylic acids is 2. The number of amides is 2. The van der Waals surface area contributed by atoms with E-state index >= 15 is 0 Å². The van der Waals surface area contributed by atoms with Crippen molar-refractivity contribution in [1.82, 2.24) is 10.2 Å². The fraction of sp³-hybridized carbons (Fsp3) is 0.375. The number of anilines is 1. The summed E-state index contributed by atoms with van der Waals surface area (Å²) in [4.78, 5) is 28.9. The summed E-state index contributed by atoms with van der Waals surface area (Å²) in [6.45, 7) is 7.97. The number of hydrogen-bond donors (Lipinski definition) is 1. The van der Waals surface area contributed by atoms with Gasteiger partial charge in [-0.15, -0.1) is 0 Å². The van der Waals surface area contributed by atoms with Crippen LogP contribution in [0.1, 0.15) is 64.0 Å². The summed E-state index contributed by atoms with van der Waals surface area (Å²) in [5.41, 5.74) is 2.06. The first-order chi connectivity index (χ1) is 20.0. The normalized spacial score (nSPS) is 12.2. The van der Waals surface area contributed by atoms with Crippen molar-refractivity contribution < 1.29 is 18.0 Å². The van der Waals surface area contributed by atoms with Gasteiger partial charge in [0.15, 0.2) is 0 Å². The van der Waals surface area contributed by atoms with Crippen molar-refractivity contribution in [3.8, 4) is 0 Å². The highest BCUT2D eigenvalue weighted by Gasteiger charge is 2.33. The third-order valence-electron chi connectivity index (χ3n) is 7.01. The van der Waals surface area contributed by atoms with E-state index in [0.717, 1.165) is 22.7 Å². The molecule has 0 aliphatic rings. The first kappa shape index (κ1) is 33.4. The summed E-state index contributed by atoms with van der Waals surface area (Å²) >= 11 is 12.4. The quantitative estimate of drug-likeness (QED) is 0.193. The van der Waals surface area contributed by atoms with Crippen LogP contribution in [-0.2, 0) is 26.2 Å². The predicted octanol–water partition coefficient (Wildman–Crippen LogP) is 7.04. The summed E-state index contributed by atoms with van der Waals surface area (Å²) < 4.78 is 29.0. The van der Waals surface area contributed by atoms with Gasteiger partial charge in [0, 0.05) is 13.1 Å². The highest BCUT2D eigenvalue weighted by molar-refractivity contribution is 7.92. The minimum absolute atomic E-state index is 0.0426. The molecule has 0 spiro atoms. The lowest BCUT2D eigenvalue weighted by atomic mass is 10.0. The van der Waals surface area contributed by atoms with Crippen molar-refractivity contribution in [2.45, 2.75) is 70.4 Å². The summed E-state index contributed by atoms with van der Waals surface area (Å²) in [6.07, 6.45) is 2.04. The Kier molecular flexibility index (Phi) is 12.3. The number of rotatable bonds is 14. The fourth-order valence-electron chi connectivity index (χ4n) is 4.53. The predicted molar refractivity (Wildman–Crippen MR) is 171 cm³/mol. The monoisotopic (exact) mass is 631 g/mol. The van der Waals surface area contributed by atoms with Crippen LogP contribution in [0, 0.1) is 0 Å². The number of unbranched alkanes of at least 4 members (excludes halogenated alkanes) is 1. The van der Waals surface area contributed by atoms with Crippen LogP contribution < -0.4 is 9.62 Å². The van der Waals surface area contributed by atoms with E-state index < -0.39 is 28.5 Å². The average molecular weight is 633 g/mol. The van der Waals surface area contributed by atoms with E-state index in [1.807, 2.05) is 39.8 Å². The molecule has 10 heteroatoms. The highest BCUT2D eigenvalue weighted by atomic mass is 35.5. The maximum atomic E-state index is 14.2. The van der Waals surface area contributed by atoms with Crippen molar-refractivity contribution in [3.05, 3.63) is 94.0 Å². The lowest BCUT2D eigenvalue weighted by Crippen LogP contribution is -2.52. The highest BCUT2D eigenvalue weighted by Crippen LogP contribution is 2.28. The maximum Gasteiger partial charge on any atom is 0.264 e. The molecule has 3 rings (SSSR count). The van der Waals surface area contributed by atoms with Gasteiger partial charge in [0.05, 0.1) is 20.6 Å². The molecule has 0 saturated heterocycles. The third kappa shape index (κ3) is 8.49. The number of benzene rings is 3. The Bertz CT molecular complexity index is 1450. The van der Waals surface area contributed by atoms with Gasteiger partial charge in [0.25, 0.3) is 10.0 Å². The molecule has 1 atom stereocenters. The van der Waals surface area contributed by atoms with Crippen LogP contribution in [0.5, 0.6) is 0 Å². The van der Waals surface area contributed by atoms with Gasteiger partial charge in [-0.05, 0) is 66.3 Å². The fourth-order valence-corrected chi connectivity index (χ4v) is 6.29. The summed E-state index contributed by atoms with van der Waals surface area (Å²) in [5.74, 6) is -0.567. The number of hydrogen-bond acceptors (Lipinski definition) is 4. The topological polar surface area (TPSA) is 86.8 Å². The Balaban J connectivity index is 2.05. The van der Waals surface area contributed by atoms with Gasteiger partial charge in [-0.3, -0.25) is 13.9 Å². The molecule has 0 heterocycles. The van der Waals surface area contributed by atoms with Crippen molar-refractivity contribution >= 4 is 50.7 Å². The van der Waals surface area contributed by atoms with Crippen LogP contribution in [0.15, 0.2) is 77.7 Å². The van der Waals surface area contributed by atoms with Crippen molar-refractivity contribution in [2.24, 2.45) is 0 Å². The van der Waals surface area contributed by atoms with E-state index in [9.17, 15) is 18.0 Å². The van der Waals surface area contributed by atoms with Gasteiger partial charge in [-0.25, -0.2) is 8.42 Å². The number of halogens is 2. The summed E-state index contributed by atoms with van der Waals surface area (Å²) in [5, 5.41) is 3.61. The van der Waals surface area contributed by atoms with E-state index in [2.05, 4.69) is 5.32 Å². The zero-order valence-corrected chi connectivity index (χ0v) is 26.8. The molecule has 2 amide bonds. The minimum Gasteiger partial charge on any atom is -0.354 e. The first-order valence-corrected chi connectivity index (χ1v) is 16.4. The second-order valence-corrected chi connectivity index (χ2v) is 13.1.